The Hall–Kier alpha value is -3.50. The second-order valence-corrected chi connectivity index (χ2v) is 9.86. The standard InChI is InChI=1S/C28H32FN3O6/c1-36-22-10-6-19(7-11-22)26(34)31-14-12-28(13-15-31)32(27(35)20-4-8-21(29)9-5-20)24(18-38-28)25(33)30-17-23-3-2-16-37-23/h4-11,23-24H,2-3,12-18H2,1H3,(H,30,33)/t23-,24+/m1/s1. The van der Waals surface area contributed by atoms with Gasteiger partial charge >= 0.3 is 0 Å². The molecule has 0 aliphatic carbocycles. The van der Waals surface area contributed by atoms with Gasteiger partial charge < -0.3 is 24.4 Å². The molecule has 3 aliphatic heterocycles. The van der Waals surface area contributed by atoms with Crippen molar-refractivity contribution in [1.29, 1.82) is 0 Å². The number of methoxy groups -OCH3 is 1. The Labute approximate surface area is 220 Å². The zero-order valence-electron chi connectivity index (χ0n) is 21.4. The molecule has 3 fully saturated rings. The van der Waals surface area contributed by atoms with Crippen LogP contribution >= 0.6 is 0 Å². The van der Waals surface area contributed by atoms with E-state index in [0.717, 1.165) is 12.8 Å². The summed E-state index contributed by atoms with van der Waals surface area (Å²) >= 11 is 0. The summed E-state index contributed by atoms with van der Waals surface area (Å²) in [6.45, 7) is 1.78. The molecule has 2 atom stereocenters. The molecular weight excluding hydrogens is 493 g/mol. The smallest absolute Gasteiger partial charge is 0.256 e. The van der Waals surface area contributed by atoms with Crippen molar-refractivity contribution in [3.8, 4) is 5.75 Å². The van der Waals surface area contributed by atoms with Crippen LogP contribution in [0.5, 0.6) is 5.75 Å². The summed E-state index contributed by atoms with van der Waals surface area (Å²) < 4.78 is 30.6. The summed E-state index contributed by atoms with van der Waals surface area (Å²) in [6, 6.07) is 11.3. The number of hydrogen-bond donors (Lipinski definition) is 1. The van der Waals surface area contributed by atoms with Crippen molar-refractivity contribution in [1.82, 2.24) is 15.1 Å². The van der Waals surface area contributed by atoms with Gasteiger partial charge in [-0.1, -0.05) is 0 Å². The molecule has 202 valence electrons. The topological polar surface area (TPSA) is 97.4 Å². The van der Waals surface area contributed by atoms with Gasteiger partial charge in [0.1, 0.15) is 23.3 Å². The molecule has 1 spiro atoms. The second-order valence-electron chi connectivity index (χ2n) is 9.86. The third kappa shape index (κ3) is 5.23. The summed E-state index contributed by atoms with van der Waals surface area (Å²) in [6.07, 6.45) is 2.48. The average Bonchev–Trinajstić information content (AvgIpc) is 3.60. The molecule has 0 radical (unpaired) electrons. The van der Waals surface area contributed by atoms with Gasteiger partial charge in [0.05, 0.1) is 19.8 Å². The number of ether oxygens (including phenoxy) is 3. The second kappa shape index (κ2) is 11.1. The molecule has 1 N–H and O–H groups in total. The minimum absolute atomic E-state index is 0.0383. The van der Waals surface area contributed by atoms with E-state index in [1.807, 2.05) is 0 Å². The Morgan fingerprint density at radius 3 is 2.32 bits per heavy atom. The van der Waals surface area contributed by atoms with E-state index in [2.05, 4.69) is 5.32 Å². The summed E-state index contributed by atoms with van der Waals surface area (Å²) in [5, 5.41) is 2.92. The number of nitrogens with zero attached hydrogens (tertiary/aromatic N) is 2. The van der Waals surface area contributed by atoms with Crippen molar-refractivity contribution in [2.45, 2.75) is 43.6 Å². The van der Waals surface area contributed by atoms with E-state index in [-0.39, 0.29) is 30.1 Å². The Morgan fingerprint density at radius 1 is 1.03 bits per heavy atom. The Morgan fingerprint density at radius 2 is 1.68 bits per heavy atom. The van der Waals surface area contributed by atoms with Crippen molar-refractivity contribution in [2.24, 2.45) is 0 Å². The van der Waals surface area contributed by atoms with E-state index in [4.69, 9.17) is 14.2 Å². The molecule has 3 aliphatic rings. The van der Waals surface area contributed by atoms with Gasteiger partial charge in [0.15, 0.2) is 0 Å². The fourth-order valence-electron chi connectivity index (χ4n) is 5.41. The van der Waals surface area contributed by atoms with Gasteiger partial charge in [-0.25, -0.2) is 4.39 Å². The van der Waals surface area contributed by atoms with Crippen molar-refractivity contribution >= 4 is 17.7 Å². The summed E-state index contributed by atoms with van der Waals surface area (Å²) in [5.74, 6) is -0.635. The maximum atomic E-state index is 13.7. The van der Waals surface area contributed by atoms with E-state index in [1.165, 1.54) is 29.2 Å². The molecule has 0 saturated carbocycles. The third-order valence-corrected chi connectivity index (χ3v) is 7.57. The lowest BCUT2D eigenvalue weighted by Crippen LogP contribution is -2.60. The fraction of sp³-hybridized carbons (Fsp3) is 0.464. The summed E-state index contributed by atoms with van der Waals surface area (Å²) in [7, 11) is 1.57. The van der Waals surface area contributed by atoms with Gasteiger partial charge in [0.2, 0.25) is 5.91 Å². The molecule has 3 amide bonds. The number of halogens is 1. The summed E-state index contributed by atoms with van der Waals surface area (Å²) in [4.78, 5) is 43.3. The van der Waals surface area contributed by atoms with Gasteiger partial charge in [-0.05, 0) is 61.4 Å². The molecule has 3 heterocycles. The number of benzene rings is 2. The first-order chi connectivity index (χ1) is 18.4. The van der Waals surface area contributed by atoms with Crippen molar-refractivity contribution in [3.05, 3.63) is 65.5 Å². The third-order valence-electron chi connectivity index (χ3n) is 7.57. The van der Waals surface area contributed by atoms with Crippen molar-refractivity contribution < 1.29 is 33.0 Å². The molecule has 3 saturated heterocycles. The number of rotatable bonds is 6. The number of piperidine rings is 1. The predicted molar refractivity (Wildman–Crippen MR) is 135 cm³/mol. The van der Waals surface area contributed by atoms with Crippen LogP contribution in [0.1, 0.15) is 46.4 Å². The maximum absolute atomic E-state index is 13.7. The number of likely N-dealkylation sites (tertiary alicyclic amines) is 1. The van der Waals surface area contributed by atoms with Crippen LogP contribution in [0.4, 0.5) is 4.39 Å². The van der Waals surface area contributed by atoms with Gasteiger partial charge in [-0.3, -0.25) is 19.3 Å². The molecule has 0 aromatic heterocycles. The Bertz CT molecular complexity index is 1160. The fourth-order valence-corrected chi connectivity index (χ4v) is 5.41. The molecule has 9 nitrogen and oxygen atoms in total. The lowest BCUT2D eigenvalue weighted by Gasteiger charge is -2.44. The van der Waals surface area contributed by atoms with Gasteiger partial charge in [-0.15, -0.1) is 0 Å². The highest BCUT2D eigenvalue weighted by molar-refractivity contribution is 5.98. The first-order valence-electron chi connectivity index (χ1n) is 13.0. The highest BCUT2D eigenvalue weighted by Crippen LogP contribution is 2.39. The first-order valence-corrected chi connectivity index (χ1v) is 13.0. The lowest BCUT2D eigenvalue weighted by atomic mass is 9.96. The van der Waals surface area contributed by atoms with E-state index in [0.29, 0.717) is 50.4 Å². The normalized spacial score (nSPS) is 22.5. The molecule has 0 unspecified atom stereocenters. The quantitative estimate of drug-likeness (QED) is 0.623. The van der Waals surface area contributed by atoms with E-state index >= 15 is 0 Å². The van der Waals surface area contributed by atoms with Crippen LogP contribution in [-0.4, -0.2) is 85.3 Å². The SMILES string of the molecule is COc1ccc(C(=O)N2CCC3(CC2)OC[C@@H](C(=O)NC[C@H]2CCCO2)N3C(=O)c2ccc(F)cc2)cc1. The minimum Gasteiger partial charge on any atom is -0.497 e. The van der Waals surface area contributed by atoms with Crippen LogP contribution in [0.3, 0.4) is 0 Å². The minimum atomic E-state index is -1.05. The first kappa shape index (κ1) is 26.1. The van der Waals surface area contributed by atoms with E-state index in [9.17, 15) is 18.8 Å². The monoisotopic (exact) mass is 525 g/mol. The number of carbonyl (C=O) groups is 3. The molecule has 5 rings (SSSR count). The van der Waals surface area contributed by atoms with Crippen molar-refractivity contribution in [3.63, 3.8) is 0 Å². The number of amides is 3. The zero-order valence-corrected chi connectivity index (χ0v) is 21.4. The number of hydrogen-bond acceptors (Lipinski definition) is 6. The highest BCUT2D eigenvalue weighted by Gasteiger charge is 2.54. The van der Waals surface area contributed by atoms with Crippen LogP contribution in [0.2, 0.25) is 0 Å². The molecule has 38 heavy (non-hydrogen) atoms. The largest absolute Gasteiger partial charge is 0.497 e. The van der Waals surface area contributed by atoms with Crippen LogP contribution in [0, 0.1) is 5.82 Å². The van der Waals surface area contributed by atoms with E-state index < -0.39 is 23.5 Å². The van der Waals surface area contributed by atoms with Crippen LogP contribution in [-0.2, 0) is 14.3 Å². The molecular formula is C28H32FN3O6. The molecule has 2 aromatic carbocycles. The zero-order chi connectivity index (χ0) is 26.7. The van der Waals surface area contributed by atoms with Crippen molar-refractivity contribution in [2.75, 3.05) is 40.0 Å². The van der Waals surface area contributed by atoms with Gasteiger partial charge in [0, 0.05) is 50.2 Å². The maximum Gasteiger partial charge on any atom is 0.256 e. The van der Waals surface area contributed by atoms with Gasteiger partial charge in [0.25, 0.3) is 11.8 Å². The van der Waals surface area contributed by atoms with Gasteiger partial charge in [-0.2, -0.15) is 0 Å². The summed E-state index contributed by atoms with van der Waals surface area (Å²) in [5.41, 5.74) is -0.238. The molecule has 10 heteroatoms. The van der Waals surface area contributed by atoms with Crippen LogP contribution < -0.4 is 10.1 Å². The lowest BCUT2D eigenvalue weighted by molar-refractivity contribution is -0.128. The van der Waals surface area contributed by atoms with Crippen LogP contribution in [0.25, 0.3) is 0 Å². The Balaban J connectivity index is 1.33. The number of carbonyl (C=O) groups excluding carboxylic acids is 3. The predicted octanol–water partition coefficient (Wildman–Crippen LogP) is 2.60. The molecule has 2 aromatic rings. The van der Waals surface area contributed by atoms with E-state index in [1.54, 1.807) is 36.3 Å². The molecule has 0 bridgehead atoms. The highest BCUT2D eigenvalue weighted by atomic mass is 19.1. The van der Waals surface area contributed by atoms with Crippen LogP contribution in [0.15, 0.2) is 48.5 Å². The Kier molecular flexibility index (Phi) is 7.62. The average molecular weight is 526 g/mol. The number of nitrogens with one attached hydrogen (secondary N) is 1.